The van der Waals surface area contributed by atoms with Gasteiger partial charge in [-0.15, -0.1) is 0 Å². The van der Waals surface area contributed by atoms with Crippen molar-refractivity contribution in [1.29, 1.82) is 0 Å². The predicted molar refractivity (Wildman–Crippen MR) is 76.4 cm³/mol. The van der Waals surface area contributed by atoms with E-state index in [9.17, 15) is 28.3 Å². The van der Waals surface area contributed by atoms with Crippen molar-refractivity contribution < 1.29 is 41.9 Å². The minimum atomic E-state index is -4.89. The van der Waals surface area contributed by atoms with Gasteiger partial charge < -0.3 is 0 Å². The zero-order chi connectivity index (χ0) is 17.1. The molecule has 1 fully saturated rings. The average Bonchev–Trinajstić information content (AvgIpc) is 2.59. The van der Waals surface area contributed by atoms with Gasteiger partial charge in [-0.1, -0.05) is 0 Å². The van der Waals surface area contributed by atoms with E-state index >= 15 is 0 Å². The summed E-state index contributed by atoms with van der Waals surface area (Å²) in [6.07, 6.45) is -5.39. The molecule has 0 aromatic heterocycles. The number of rotatable bonds is 8. The van der Waals surface area contributed by atoms with Crippen molar-refractivity contribution in [3.05, 3.63) is 0 Å². The van der Waals surface area contributed by atoms with Crippen LogP contribution in [0.5, 0.6) is 0 Å². The van der Waals surface area contributed by atoms with Gasteiger partial charge in [-0.3, -0.25) is 0 Å². The Hall–Kier alpha value is 0.228. The summed E-state index contributed by atoms with van der Waals surface area (Å²) in [7, 11) is -4.89. The Bertz CT molecular complexity index is 449. The van der Waals surface area contributed by atoms with Crippen LogP contribution in [0.4, 0.5) is 0 Å². The van der Waals surface area contributed by atoms with Gasteiger partial charge in [0.05, 0.1) is 0 Å². The average molecular weight is 406 g/mol. The summed E-state index contributed by atoms with van der Waals surface area (Å²) in [6.45, 7) is -1.16. The SMILES string of the molecule is C[As+](C)(C)C[C@H]1O[C@H](OC[C@H](O)COS(=O)(=O)[O-])[C@@H](O)[C@@H]1O. The summed E-state index contributed by atoms with van der Waals surface area (Å²) >= 11 is -1.86. The van der Waals surface area contributed by atoms with E-state index in [1.807, 2.05) is 0 Å². The van der Waals surface area contributed by atoms with Crippen molar-refractivity contribution in [2.24, 2.45) is 0 Å². The van der Waals surface area contributed by atoms with Crippen LogP contribution in [0.25, 0.3) is 0 Å². The molecule has 1 aliphatic rings. The predicted octanol–water partition coefficient (Wildman–Crippen LogP) is -1.37. The van der Waals surface area contributed by atoms with Crippen molar-refractivity contribution in [1.82, 2.24) is 0 Å². The van der Waals surface area contributed by atoms with Crippen molar-refractivity contribution in [2.45, 2.75) is 53.0 Å². The molecule has 11 heteroatoms. The van der Waals surface area contributed by atoms with Crippen LogP contribution < -0.4 is 0 Å². The van der Waals surface area contributed by atoms with Gasteiger partial charge in [0, 0.05) is 0 Å². The monoisotopic (exact) mass is 406 g/mol. The van der Waals surface area contributed by atoms with E-state index in [0.717, 1.165) is 0 Å². The molecule has 0 aliphatic carbocycles. The van der Waals surface area contributed by atoms with Crippen molar-refractivity contribution in [2.75, 3.05) is 13.2 Å². The second kappa shape index (κ2) is 7.87. The molecule has 5 atom stereocenters. The molecule has 1 rings (SSSR count). The normalized spacial score (nSPS) is 31.4. The molecule has 0 amide bonds. The Morgan fingerprint density at radius 1 is 1.23 bits per heavy atom. The van der Waals surface area contributed by atoms with Crippen LogP contribution >= 0.6 is 0 Å². The number of aliphatic hydroxyl groups is 3. The van der Waals surface area contributed by atoms with Crippen LogP contribution in [0.15, 0.2) is 0 Å². The van der Waals surface area contributed by atoms with Crippen LogP contribution in [-0.2, 0) is 24.1 Å². The minimum absolute atomic E-state index is 0.410. The van der Waals surface area contributed by atoms with E-state index < -0.39 is 67.9 Å². The van der Waals surface area contributed by atoms with E-state index in [1.54, 1.807) is 0 Å². The van der Waals surface area contributed by atoms with Gasteiger partial charge in [0.1, 0.15) is 0 Å². The third kappa shape index (κ3) is 7.20. The van der Waals surface area contributed by atoms with Crippen LogP contribution in [0.3, 0.4) is 0 Å². The summed E-state index contributed by atoms with van der Waals surface area (Å²) in [5, 5.41) is 29.9. The maximum atomic E-state index is 10.2. The van der Waals surface area contributed by atoms with Crippen LogP contribution in [-0.4, -0.2) is 85.8 Å². The Labute approximate surface area is 132 Å². The van der Waals surface area contributed by atoms with E-state index in [4.69, 9.17) is 9.47 Å². The quantitative estimate of drug-likeness (QED) is 0.252. The Morgan fingerprint density at radius 2 is 1.82 bits per heavy atom. The first-order valence-corrected chi connectivity index (χ1v) is 14.9. The molecular formula is C11H23AsO9S. The number of ether oxygens (including phenoxy) is 2. The van der Waals surface area contributed by atoms with Gasteiger partial charge in [-0.05, 0) is 0 Å². The van der Waals surface area contributed by atoms with Gasteiger partial charge in [0.15, 0.2) is 0 Å². The van der Waals surface area contributed by atoms with Crippen LogP contribution in [0.1, 0.15) is 0 Å². The van der Waals surface area contributed by atoms with E-state index in [-0.39, 0.29) is 0 Å². The van der Waals surface area contributed by atoms with Gasteiger partial charge in [0.25, 0.3) is 0 Å². The molecule has 1 heterocycles. The van der Waals surface area contributed by atoms with Gasteiger partial charge in [-0.25, -0.2) is 0 Å². The van der Waals surface area contributed by atoms with E-state index in [2.05, 4.69) is 21.3 Å². The fourth-order valence-corrected chi connectivity index (χ4v) is 5.18. The maximum absolute atomic E-state index is 10.2. The summed E-state index contributed by atoms with van der Waals surface area (Å²) in [4.78, 5) is 0. The summed E-state index contributed by atoms with van der Waals surface area (Å²) in [6, 6.07) is 0. The third-order valence-corrected chi connectivity index (χ3v) is 6.38. The molecule has 132 valence electrons. The standard InChI is InChI=1S/C11H23AsO9S/c1-12(2,3)4-8-9(14)10(15)11(21-8)19-5-7(13)6-20-22(16,17)18/h7-11,13-15H,4-6H2,1-3H3/t7-,8+,9+,10-,11-/m0/s1. The number of hydrogen-bond donors (Lipinski definition) is 3. The molecule has 1 aliphatic heterocycles. The molecule has 22 heavy (non-hydrogen) atoms. The third-order valence-electron chi connectivity index (χ3n) is 2.90. The Balaban J connectivity index is 2.43. The second-order valence-corrected chi connectivity index (χ2v) is 17.6. The number of hydrogen-bond acceptors (Lipinski definition) is 9. The van der Waals surface area contributed by atoms with Gasteiger partial charge >= 0.3 is 132 Å². The van der Waals surface area contributed by atoms with Crippen molar-refractivity contribution in [3.63, 3.8) is 0 Å². The molecular weight excluding hydrogens is 383 g/mol. The molecule has 3 N–H and O–H groups in total. The zero-order valence-electron chi connectivity index (χ0n) is 12.7. The second-order valence-electron chi connectivity index (χ2n) is 6.18. The zero-order valence-corrected chi connectivity index (χ0v) is 15.3. The van der Waals surface area contributed by atoms with E-state index in [1.165, 1.54) is 0 Å². The first-order chi connectivity index (χ1) is 9.89. The van der Waals surface area contributed by atoms with Gasteiger partial charge in [-0.2, -0.15) is 0 Å². The molecule has 9 nitrogen and oxygen atoms in total. The molecule has 0 spiro atoms. The first-order valence-electron chi connectivity index (χ1n) is 6.61. The summed E-state index contributed by atoms with van der Waals surface area (Å²) in [5.74, 6) is 0. The van der Waals surface area contributed by atoms with Crippen LogP contribution in [0, 0.1) is 0 Å². The van der Waals surface area contributed by atoms with Crippen LogP contribution in [0.2, 0.25) is 22.3 Å². The summed E-state index contributed by atoms with van der Waals surface area (Å²) in [5.41, 5.74) is 6.37. The fraction of sp³-hybridized carbons (Fsp3) is 1.00. The molecule has 0 bridgehead atoms. The molecule has 0 radical (unpaired) electrons. The molecule has 0 saturated carbocycles. The molecule has 0 unspecified atom stereocenters. The topological polar surface area (TPSA) is 146 Å². The number of aliphatic hydroxyl groups excluding tert-OH is 3. The fourth-order valence-electron chi connectivity index (χ4n) is 1.96. The van der Waals surface area contributed by atoms with E-state index in [0.29, 0.717) is 5.21 Å². The van der Waals surface area contributed by atoms with Crippen molar-refractivity contribution in [3.8, 4) is 0 Å². The van der Waals surface area contributed by atoms with Crippen molar-refractivity contribution >= 4 is 24.0 Å². The molecule has 0 aromatic rings. The summed E-state index contributed by atoms with van der Waals surface area (Å²) < 4.78 is 45.2. The molecule has 1 saturated heterocycles. The first kappa shape index (κ1) is 20.3. The van der Waals surface area contributed by atoms with Gasteiger partial charge in [0.2, 0.25) is 0 Å². The Kier molecular flexibility index (Phi) is 7.25. The Morgan fingerprint density at radius 3 is 2.32 bits per heavy atom. The molecule has 0 aromatic carbocycles.